The summed E-state index contributed by atoms with van der Waals surface area (Å²) in [7, 11) is 0. The van der Waals surface area contributed by atoms with Crippen LogP contribution < -0.4 is 5.73 Å². The quantitative estimate of drug-likeness (QED) is 0.624. The Bertz CT molecular complexity index is 922. The van der Waals surface area contributed by atoms with Crippen LogP contribution in [0.5, 0.6) is 0 Å². The van der Waals surface area contributed by atoms with Crippen molar-refractivity contribution in [1.82, 2.24) is 14.4 Å². The van der Waals surface area contributed by atoms with Gasteiger partial charge < -0.3 is 10.2 Å². The van der Waals surface area contributed by atoms with Crippen LogP contribution in [-0.2, 0) is 6.42 Å². The third-order valence-electron chi connectivity index (χ3n) is 3.60. The summed E-state index contributed by atoms with van der Waals surface area (Å²) in [5.41, 5.74) is 9.05. The lowest BCUT2D eigenvalue weighted by atomic mass is 10.2. The Hall–Kier alpha value is -2.60. The summed E-state index contributed by atoms with van der Waals surface area (Å²) in [6.45, 7) is 2.12. The third kappa shape index (κ3) is 1.84. The molecule has 0 aliphatic carbocycles. The van der Waals surface area contributed by atoms with E-state index in [2.05, 4.69) is 11.9 Å². The maximum Gasteiger partial charge on any atom is 0.196 e. The number of nitrogens with zero attached hydrogens (tertiary/aromatic N) is 3. The molecule has 0 unspecified atom stereocenters. The standard InChI is InChI=1S/C16H14N4OS/c1-2-12-14(11-6-4-8-21-11)20-15(17)13(19-16(20)22-12)10-5-3-7-18-9-10/h3-9H,2,17H2,1H3. The Balaban J connectivity index is 2.01. The first-order chi connectivity index (χ1) is 10.8. The zero-order valence-corrected chi connectivity index (χ0v) is 12.8. The molecule has 0 bridgehead atoms. The van der Waals surface area contributed by atoms with Crippen LogP contribution in [0.3, 0.4) is 0 Å². The molecular weight excluding hydrogens is 296 g/mol. The lowest BCUT2D eigenvalue weighted by Crippen LogP contribution is -1.96. The number of hydrogen-bond acceptors (Lipinski definition) is 5. The first-order valence-electron chi connectivity index (χ1n) is 7.03. The molecule has 0 amide bonds. The number of aryl methyl sites for hydroxylation is 1. The van der Waals surface area contributed by atoms with Crippen molar-refractivity contribution in [2.75, 3.05) is 5.73 Å². The number of hydrogen-bond donors (Lipinski definition) is 1. The number of imidazole rings is 1. The van der Waals surface area contributed by atoms with Crippen molar-refractivity contribution >= 4 is 22.1 Å². The van der Waals surface area contributed by atoms with Crippen molar-refractivity contribution in [3.63, 3.8) is 0 Å². The highest BCUT2D eigenvalue weighted by atomic mass is 32.1. The molecule has 4 heterocycles. The predicted molar refractivity (Wildman–Crippen MR) is 87.8 cm³/mol. The fraction of sp³-hybridized carbons (Fsp3) is 0.125. The van der Waals surface area contributed by atoms with E-state index in [4.69, 9.17) is 15.1 Å². The number of nitrogen functional groups attached to an aromatic ring is 1. The average molecular weight is 310 g/mol. The maximum absolute atomic E-state index is 6.38. The van der Waals surface area contributed by atoms with E-state index in [1.165, 1.54) is 4.88 Å². The number of nitrogens with two attached hydrogens (primary N) is 1. The number of thiazole rings is 1. The minimum atomic E-state index is 0.616. The van der Waals surface area contributed by atoms with E-state index in [1.807, 2.05) is 28.7 Å². The summed E-state index contributed by atoms with van der Waals surface area (Å²) in [5.74, 6) is 1.43. The van der Waals surface area contributed by atoms with Gasteiger partial charge in [0.15, 0.2) is 10.7 Å². The second-order valence-corrected chi connectivity index (χ2v) is 5.97. The molecule has 22 heavy (non-hydrogen) atoms. The topological polar surface area (TPSA) is 69.3 Å². The number of rotatable bonds is 3. The Morgan fingerprint density at radius 2 is 2.23 bits per heavy atom. The first-order valence-corrected chi connectivity index (χ1v) is 7.85. The lowest BCUT2D eigenvalue weighted by molar-refractivity contribution is 0.579. The molecule has 0 aliphatic heterocycles. The van der Waals surface area contributed by atoms with Crippen molar-refractivity contribution < 1.29 is 4.42 Å². The van der Waals surface area contributed by atoms with Crippen LogP contribution in [0, 0.1) is 0 Å². The smallest absolute Gasteiger partial charge is 0.196 e. The van der Waals surface area contributed by atoms with Gasteiger partial charge in [-0.25, -0.2) is 4.98 Å². The molecule has 0 aliphatic rings. The molecule has 4 aromatic rings. The van der Waals surface area contributed by atoms with Crippen molar-refractivity contribution in [3.8, 4) is 22.7 Å². The molecule has 2 N–H and O–H groups in total. The monoisotopic (exact) mass is 310 g/mol. The number of pyridine rings is 1. The van der Waals surface area contributed by atoms with E-state index < -0.39 is 0 Å². The van der Waals surface area contributed by atoms with E-state index in [0.29, 0.717) is 5.82 Å². The SMILES string of the molecule is CCc1sc2nc(-c3cccnc3)c(N)n2c1-c1ccco1. The van der Waals surface area contributed by atoms with Crippen LogP contribution in [0.25, 0.3) is 27.7 Å². The molecule has 5 nitrogen and oxygen atoms in total. The normalized spacial score (nSPS) is 11.3. The summed E-state index contributed by atoms with van der Waals surface area (Å²) in [6.07, 6.45) is 6.09. The lowest BCUT2D eigenvalue weighted by Gasteiger charge is -2.03. The van der Waals surface area contributed by atoms with Crippen LogP contribution in [0.15, 0.2) is 47.3 Å². The fourth-order valence-corrected chi connectivity index (χ4v) is 3.67. The van der Waals surface area contributed by atoms with Gasteiger partial charge in [0.25, 0.3) is 0 Å². The Labute approximate surface area is 131 Å². The molecule has 110 valence electrons. The fourth-order valence-electron chi connectivity index (χ4n) is 2.60. The number of furan rings is 1. The van der Waals surface area contributed by atoms with E-state index in [1.54, 1.807) is 30.0 Å². The van der Waals surface area contributed by atoms with Crippen LogP contribution in [0.1, 0.15) is 11.8 Å². The highest BCUT2D eigenvalue weighted by Gasteiger charge is 2.21. The maximum atomic E-state index is 6.38. The van der Waals surface area contributed by atoms with Crippen molar-refractivity contribution in [3.05, 3.63) is 47.8 Å². The zero-order valence-electron chi connectivity index (χ0n) is 12.0. The Morgan fingerprint density at radius 3 is 2.91 bits per heavy atom. The van der Waals surface area contributed by atoms with E-state index in [0.717, 1.165) is 34.1 Å². The molecule has 0 saturated carbocycles. The van der Waals surface area contributed by atoms with E-state index in [9.17, 15) is 0 Å². The van der Waals surface area contributed by atoms with Gasteiger partial charge in [0.2, 0.25) is 0 Å². The van der Waals surface area contributed by atoms with Crippen molar-refractivity contribution in [2.45, 2.75) is 13.3 Å². The van der Waals surface area contributed by atoms with Crippen molar-refractivity contribution in [2.24, 2.45) is 0 Å². The van der Waals surface area contributed by atoms with Gasteiger partial charge in [0.05, 0.1) is 6.26 Å². The Morgan fingerprint density at radius 1 is 1.32 bits per heavy atom. The average Bonchev–Trinajstić information content (AvgIpc) is 3.25. The van der Waals surface area contributed by atoms with Gasteiger partial charge in [-0.3, -0.25) is 9.38 Å². The van der Waals surface area contributed by atoms with Gasteiger partial charge in [0, 0.05) is 22.8 Å². The second kappa shape index (κ2) is 4.99. The third-order valence-corrected chi connectivity index (χ3v) is 4.78. The van der Waals surface area contributed by atoms with Crippen LogP contribution in [0.4, 0.5) is 5.82 Å². The minimum absolute atomic E-state index is 0.616. The summed E-state index contributed by atoms with van der Waals surface area (Å²) in [5, 5.41) is 0. The molecule has 0 aromatic carbocycles. The highest BCUT2D eigenvalue weighted by Crippen LogP contribution is 2.37. The van der Waals surface area contributed by atoms with Gasteiger partial charge in [0.1, 0.15) is 17.2 Å². The van der Waals surface area contributed by atoms with E-state index >= 15 is 0 Å². The summed E-state index contributed by atoms with van der Waals surface area (Å²) >= 11 is 1.64. The predicted octanol–water partition coefficient (Wildman–Crippen LogP) is 3.86. The van der Waals surface area contributed by atoms with Crippen molar-refractivity contribution in [1.29, 1.82) is 0 Å². The zero-order chi connectivity index (χ0) is 15.1. The molecule has 0 atom stereocenters. The van der Waals surface area contributed by atoms with Crippen LogP contribution in [0.2, 0.25) is 0 Å². The Kier molecular flexibility index (Phi) is 2.97. The molecule has 0 spiro atoms. The van der Waals surface area contributed by atoms with Crippen LogP contribution in [-0.4, -0.2) is 14.4 Å². The highest BCUT2D eigenvalue weighted by molar-refractivity contribution is 7.17. The van der Waals surface area contributed by atoms with Gasteiger partial charge >= 0.3 is 0 Å². The molecule has 0 saturated heterocycles. The molecule has 0 fully saturated rings. The molecule has 4 aromatic heterocycles. The number of fused-ring (bicyclic) bond motifs is 1. The van der Waals surface area contributed by atoms with Gasteiger partial charge in [-0.2, -0.15) is 0 Å². The molecule has 4 rings (SSSR count). The number of anilines is 1. The second-order valence-electron chi connectivity index (χ2n) is 4.91. The largest absolute Gasteiger partial charge is 0.463 e. The van der Waals surface area contributed by atoms with Gasteiger partial charge in [-0.05, 0) is 30.7 Å². The van der Waals surface area contributed by atoms with E-state index in [-0.39, 0.29) is 0 Å². The molecule has 0 radical (unpaired) electrons. The number of aromatic nitrogens is 3. The minimum Gasteiger partial charge on any atom is -0.463 e. The first kappa shape index (κ1) is 13.1. The summed E-state index contributed by atoms with van der Waals surface area (Å²) < 4.78 is 7.57. The van der Waals surface area contributed by atoms with Gasteiger partial charge in [-0.1, -0.05) is 6.92 Å². The van der Waals surface area contributed by atoms with Crippen LogP contribution >= 0.6 is 11.3 Å². The molecular formula is C16H14N4OS. The summed E-state index contributed by atoms with van der Waals surface area (Å²) in [4.78, 5) is 10.9. The summed E-state index contributed by atoms with van der Waals surface area (Å²) in [6, 6.07) is 7.67. The van der Waals surface area contributed by atoms with Gasteiger partial charge in [-0.15, -0.1) is 11.3 Å². The molecule has 6 heteroatoms.